The second kappa shape index (κ2) is 5.80. The highest BCUT2D eigenvalue weighted by atomic mass is 15.3. The Morgan fingerprint density at radius 1 is 1.35 bits per heavy atom. The van der Waals surface area contributed by atoms with E-state index in [-0.39, 0.29) is 6.04 Å². The quantitative estimate of drug-likeness (QED) is 0.924. The molecule has 0 saturated carbocycles. The Bertz CT molecular complexity index is 573. The standard InChI is InChI=1S/C17H23N3/c1-2-12-20-16(10-11-19-20)17(18)15-9-5-7-13-6-3-4-8-14(13)15/h3-4,6,8,10-11,15,17H,2,5,7,9,12,18H2,1H3. The number of hydrogen-bond acceptors (Lipinski definition) is 2. The van der Waals surface area contributed by atoms with E-state index in [1.807, 2.05) is 6.20 Å². The Hall–Kier alpha value is -1.61. The second-order valence-corrected chi connectivity index (χ2v) is 5.70. The van der Waals surface area contributed by atoms with Crippen LogP contribution in [0.4, 0.5) is 0 Å². The molecule has 1 aromatic heterocycles. The molecule has 1 aliphatic rings. The minimum Gasteiger partial charge on any atom is -0.322 e. The van der Waals surface area contributed by atoms with E-state index < -0.39 is 0 Å². The van der Waals surface area contributed by atoms with Crippen molar-refractivity contribution in [2.45, 2.75) is 51.1 Å². The third-order valence-corrected chi connectivity index (χ3v) is 4.38. The minimum atomic E-state index is 0.0468. The van der Waals surface area contributed by atoms with Gasteiger partial charge < -0.3 is 5.73 Å². The molecular formula is C17H23N3. The fourth-order valence-electron chi connectivity index (χ4n) is 3.40. The van der Waals surface area contributed by atoms with Crippen molar-refractivity contribution in [3.63, 3.8) is 0 Å². The molecule has 1 aromatic carbocycles. The summed E-state index contributed by atoms with van der Waals surface area (Å²) in [5.74, 6) is 0.423. The molecule has 0 bridgehead atoms. The van der Waals surface area contributed by atoms with Crippen molar-refractivity contribution in [1.29, 1.82) is 0 Å². The molecule has 0 amide bonds. The summed E-state index contributed by atoms with van der Waals surface area (Å²) in [6.07, 6.45) is 6.56. The molecule has 2 aromatic rings. The van der Waals surface area contributed by atoms with Gasteiger partial charge in [-0.3, -0.25) is 4.68 Å². The number of nitrogens with two attached hydrogens (primary N) is 1. The highest BCUT2D eigenvalue weighted by molar-refractivity contribution is 5.35. The average Bonchev–Trinajstić information content (AvgIpc) is 2.94. The first-order chi connectivity index (χ1) is 9.81. The monoisotopic (exact) mass is 269 g/mol. The lowest BCUT2D eigenvalue weighted by Crippen LogP contribution is -2.26. The Labute approximate surface area is 120 Å². The number of nitrogens with zero attached hydrogens (tertiary/aromatic N) is 2. The number of fused-ring (bicyclic) bond motifs is 1. The van der Waals surface area contributed by atoms with Crippen molar-refractivity contribution in [2.75, 3.05) is 0 Å². The van der Waals surface area contributed by atoms with Crippen LogP contribution in [0.2, 0.25) is 0 Å². The van der Waals surface area contributed by atoms with Gasteiger partial charge in [0.05, 0.1) is 11.7 Å². The van der Waals surface area contributed by atoms with E-state index >= 15 is 0 Å². The highest BCUT2D eigenvalue weighted by Crippen LogP contribution is 2.38. The second-order valence-electron chi connectivity index (χ2n) is 5.70. The van der Waals surface area contributed by atoms with Gasteiger partial charge in [0.2, 0.25) is 0 Å². The van der Waals surface area contributed by atoms with E-state index in [9.17, 15) is 0 Å². The third kappa shape index (κ3) is 2.38. The number of benzene rings is 1. The summed E-state index contributed by atoms with van der Waals surface area (Å²) >= 11 is 0. The summed E-state index contributed by atoms with van der Waals surface area (Å²) in [7, 11) is 0. The Morgan fingerprint density at radius 2 is 2.20 bits per heavy atom. The molecule has 3 heteroatoms. The summed E-state index contributed by atoms with van der Waals surface area (Å²) in [6.45, 7) is 3.12. The van der Waals surface area contributed by atoms with Gasteiger partial charge in [-0.05, 0) is 42.9 Å². The molecular weight excluding hydrogens is 246 g/mol. The summed E-state index contributed by atoms with van der Waals surface area (Å²) < 4.78 is 2.07. The van der Waals surface area contributed by atoms with Crippen LogP contribution < -0.4 is 5.73 Å². The summed E-state index contributed by atoms with van der Waals surface area (Å²) in [6, 6.07) is 10.9. The Morgan fingerprint density at radius 3 is 3.05 bits per heavy atom. The number of hydrogen-bond donors (Lipinski definition) is 1. The molecule has 0 aliphatic heterocycles. The molecule has 20 heavy (non-hydrogen) atoms. The van der Waals surface area contributed by atoms with Gasteiger partial charge in [0.15, 0.2) is 0 Å². The first kappa shape index (κ1) is 13.4. The van der Waals surface area contributed by atoms with Gasteiger partial charge in [-0.25, -0.2) is 0 Å². The average molecular weight is 269 g/mol. The van der Waals surface area contributed by atoms with Gasteiger partial charge in [-0.2, -0.15) is 5.10 Å². The molecule has 106 valence electrons. The van der Waals surface area contributed by atoms with Crippen LogP contribution in [-0.4, -0.2) is 9.78 Å². The lowest BCUT2D eigenvalue weighted by Gasteiger charge is -2.30. The summed E-state index contributed by atoms with van der Waals surface area (Å²) in [5, 5.41) is 4.41. The highest BCUT2D eigenvalue weighted by Gasteiger charge is 2.28. The van der Waals surface area contributed by atoms with Crippen LogP contribution >= 0.6 is 0 Å². The maximum Gasteiger partial charge on any atom is 0.0557 e. The van der Waals surface area contributed by atoms with Crippen molar-refractivity contribution < 1.29 is 0 Å². The van der Waals surface area contributed by atoms with Crippen molar-refractivity contribution in [3.05, 3.63) is 53.3 Å². The van der Waals surface area contributed by atoms with E-state index in [1.165, 1.54) is 36.1 Å². The zero-order chi connectivity index (χ0) is 13.9. The van der Waals surface area contributed by atoms with Crippen LogP contribution in [0.25, 0.3) is 0 Å². The van der Waals surface area contributed by atoms with E-state index in [1.54, 1.807) is 0 Å². The topological polar surface area (TPSA) is 43.8 Å². The van der Waals surface area contributed by atoms with Gasteiger partial charge in [-0.1, -0.05) is 31.2 Å². The normalized spacial score (nSPS) is 19.6. The van der Waals surface area contributed by atoms with E-state index in [0.717, 1.165) is 13.0 Å². The van der Waals surface area contributed by atoms with Gasteiger partial charge >= 0.3 is 0 Å². The predicted molar refractivity (Wildman–Crippen MR) is 81.6 cm³/mol. The predicted octanol–water partition coefficient (Wildman–Crippen LogP) is 3.41. The van der Waals surface area contributed by atoms with E-state index in [0.29, 0.717) is 5.92 Å². The fourth-order valence-corrected chi connectivity index (χ4v) is 3.40. The smallest absolute Gasteiger partial charge is 0.0557 e. The van der Waals surface area contributed by atoms with Crippen molar-refractivity contribution >= 4 is 0 Å². The van der Waals surface area contributed by atoms with Crippen molar-refractivity contribution in [3.8, 4) is 0 Å². The number of aromatic nitrogens is 2. The van der Waals surface area contributed by atoms with Crippen LogP contribution in [0.3, 0.4) is 0 Å². The molecule has 2 N–H and O–H groups in total. The molecule has 0 fully saturated rings. The minimum absolute atomic E-state index is 0.0468. The van der Waals surface area contributed by atoms with Gasteiger partial charge in [0, 0.05) is 18.7 Å². The van der Waals surface area contributed by atoms with Crippen molar-refractivity contribution in [2.24, 2.45) is 5.73 Å². The van der Waals surface area contributed by atoms with Crippen LogP contribution in [0.5, 0.6) is 0 Å². The molecule has 1 heterocycles. The molecule has 2 unspecified atom stereocenters. The van der Waals surface area contributed by atoms with Gasteiger partial charge in [0.25, 0.3) is 0 Å². The van der Waals surface area contributed by atoms with Gasteiger partial charge in [-0.15, -0.1) is 0 Å². The lowest BCUT2D eigenvalue weighted by atomic mass is 9.78. The lowest BCUT2D eigenvalue weighted by molar-refractivity contribution is 0.440. The van der Waals surface area contributed by atoms with Crippen LogP contribution in [0.1, 0.15) is 55.0 Å². The zero-order valence-electron chi connectivity index (χ0n) is 12.1. The van der Waals surface area contributed by atoms with Crippen LogP contribution in [0, 0.1) is 0 Å². The zero-order valence-corrected chi connectivity index (χ0v) is 12.1. The number of rotatable bonds is 4. The summed E-state index contributed by atoms with van der Waals surface area (Å²) in [4.78, 5) is 0. The molecule has 1 aliphatic carbocycles. The Balaban J connectivity index is 1.91. The molecule has 3 nitrogen and oxygen atoms in total. The first-order valence-corrected chi connectivity index (χ1v) is 7.66. The van der Waals surface area contributed by atoms with Crippen LogP contribution in [-0.2, 0) is 13.0 Å². The summed E-state index contributed by atoms with van der Waals surface area (Å²) in [5.41, 5.74) is 10.7. The van der Waals surface area contributed by atoms with E-state index in [4.69, 9.17) is 5.73 Å². The molecule has 0 spiro atoms. The van der Waals surface area contributed by atoms with Crippen molar-refractivity contribution in [1.82, 2.24) is 9.78 Å². The Kier molecular flexibility index (Phi) is 3.88. The largest absolute Gasteiger partial charge is 0.322 e. The molecule has 0 radical (unpaired) electrons. The van der Waals surface area contributed by atoms with Crippen LogP contribution in [0.15, 0.2) is 36.5 Å². The maximum absolute atomic E-state index is 6.60. The van der Waals surface area contributed by atoms with E-state index in [2.05, 4.69) is 47.0 Å². The third-order valence-electron chi connectivity index (χ3n) is 4.38. The number of aryl methyl sites for hydroxylation is 2. The maximum atomic E-state index is 6.60. The first-order valence-electron chi connectivity index (χ1n) is 7.66. The molecule has 3 rings (SSSR count). The molecule has 2 atom stereocenters. The van der Waals surface area contributed by atoms with Gasteiger partial charge in [0.1, 0.15) is 0 Å². The SMILES string of the molecule is CCCn1nccc1C(N)C1CCCc2ccccc21. The fraction of sp³-hybridized carbons (Fsp3) is 0.471. The molecule has 0 saturated heterocycles.